The molecule has 3 nitrogen and oxygen atoms in total. The molecular weight excluding hydrogens is 120 g/mol. The Balaban J connectivity index is 2.51. The summed E-state index contributed by atoms with van der Waals surface area (Å²) in [6, 6.07) is 0. The smallest absolute Gasteiger partial charge is 0.335 e. The van der Waals surface area contributed by atoms with Crippen molar-refractivity contribution in [2.75, 3.05) is 6.61 Å². The Labute approximate surface area is 53.6 Å². The number of aliphatic hydroxyl groups is 1. The predicted octanol–water partition coefficient (Wildman–Crippen LogP) is -0.0697. The summed E-state index contributed by atoms with van der Waals surface area (Å²) in [6.45, 7) is 2.29. The lowest BCUT2D eigenvalue weighted by molar-refractivity contribution is -0.163. The van der Waals surface area contributed by atoms with Crippen LogP contribution in [0.3, 0.4) is 0 Å². The highest BCUT2D eigenvalue weighted by Gasteiger charge is 2.27. The zero-order valence-electron chi connectivity index (χ0n) is 5.33. The van der Waals surface area contributed by atoms with Crippen LogP contribution in [-0.2, 0) is 9.53 Å². The Morgan fingerprint density at radius 2 is 2.44 bits per heavy atom. The van der Waals surface area contributed by atoms with Gasteiger partial charge in [0.2, 0.25) is 0 Å². The van der Waals surface area contributed by atoms with Gasteiger partial charge in [0.1, 0.15) is 0 Å². The van der Waals surface area contributed by atoms with Crippen molar-refractivity contribution in [2.24, 2.45) is 5.92 Å². The van der Waals surface area contributed by atoms with Gasteiger partial charge in [-0.2, -0.15) is 0 Å². The lowest BCUT2D eigenvalue weighted by Crippen LogP contribution is -2.35. The summed E-state index contributed by atoms with van der Waals surface area (Å²) in [5.74, 6) is -0.417. The standard InChI is InChI=1S/C6H10O3/c1-4-2-3-9-6(8)5(4)7/h4-5,7H,2-3H2,1H3/t4-,5+/m1/s1. The number of ether oxygens (including phenoxy) is 1. The van der Waals surface area contributed by atoms with Crippen molar-refractivity contribution in [1.82, 2.24) is 0 Å². The minimum Gasteiger partial charge on any atom is -0.464 e. The first kappa shape index (κ1) is 6.55. The van der Waals surface area contributed by atoms with Crippen molar-refractivity contribution in [2.45, 2.75) is 19.4 Å². The highest BCUT2D eigenvalue weighted by atomic mass is 16.5. The third-order valence-electron chi connectivity index (χ3n) is 1.60. The Morgan fingerprint density at radius 3 is 2.89 bits per heavy atom. The van der Waals surface area contributed by atoms with Crippen LogP contribution in [0.2, 0.25) is 0 Å². The molecule has 0 saturated carbocycles. The van der Waals surface area contributed by atoms with Gasteiger partial charge in [-0.15, -0.1) is 0 Å². The summed E-state index contributed by atoms with van der Waals surface area (Å²) in [6.07, 6.45) is -0.119. The number of carbonyl (C=O) groups excluding carboxylic acids is 1. The van der Waals surface area contributed by atoms with Gasteiger partial charge < -0.3 is 9.84 Å². The van der Waals surface area contributed by atoms with E-state index in [0.29, 0.717) is 6.61 Å². The van der Waals surface area contributed by atoms with Crippen LogP contribution in [0.15, 0.2) is 0 Å². The molecule has 1 N–H and O–H groups in total. The summed E-state index contributed by atoms with van der Waals surface area (Å²) in [4.78, 5) is 10.5. The first-order valence-corrected chi connectivity index (χ1v) is 3.06. The molecule has 0 aromatic heterocycles. The Hall–Kier alpha value is -0.570. The van der Waals surface area contributed by atoms with E-state index in [0.717, 1.165) is 6.42 Å². The monoisotopic (exact) mass is 130 g/mol. The fourth-order valence-electron chi connectivity index (χ4n) is 0.821. The van der Waals surface area contributed by atoms with Crippen LogP contribution < -0.4 is 0 Å². The molecule has 1 saturated heterocycles. The van der Waals surface area contributed by atoms with Crippen molar-refractivity contribution < 1.29 is 14.6 Å². The van der Waals surface area contributed by atoms with E-state index in [2.05, 4.69) is 4.74 Å². The van der Waals surface area contributed by atoms with Crippen LogP contribution in [0.25, 0.3) is 0 Å². The molecule has 0 amide bonds. The van der Waals surface area contributed by atoms with Crippen molar-refractivity contribution in [3.8, 4) is 0 Å². The second-order valence-electron chi connectivity index (χ2n) is 2.38. The molecule has 0 radical (unpaired) electrons. The normalized spacial score (nSPS) is 36.0. The topological polar surface area (TPSA) is 46.5 Å². The van der Waals surface area contributed by atoms with E-state index in [1.807, 2.05) is 6.92 Å². The summed E-state index contributed by atoms with van der Waals surface area (Å²) in [7, 11) is 0. The number of carbonyl (C=O) groups is 1. The van der Waals surface area contributed by atoms with Gasteiger partial charge >= 0.3 is 5.97 Å². The summed E-state index contributed by atoms with van der Waals surface area (Å²) >= 11 is 0. The molecule has 0 aliphatic carbocycles. The van der Waals surface area contributed by atoms with Crippen LogP contribution in [-0.4, -0.2) is 23.8 Å². The van der Waals surface area contributed by atoms with Gasteiger partial charge in [0.15, 0.2) is 6.10 Å². The largest absolute Gasteiger partial charge is 0.464 e. The quantitative estimate of drug-likeness (QED) is 0.467. The zero-order chi connectivity index (χ0) is 6.85. The van der Waals surface area contributed by atoms with E-state index in [1.54, 1.807) is 0 Å². The molecule has 0 aromatic rings. The lowest BCUT2D eigenvalue weighted by Gasteiger charge is -2.22. The SMILES string of the molecule is C[C@@H]1CCOC(=O)[C@H]1O. The number of hydrogen-bond donors (Lipinski definition) is 1. The molecular formula is C6H10O3. The van der Waals surface area contributed by atoms with E-state index in [-0.39, 0.29) is 5.92 Å². The maximum Gasteiger partial charge on any atom is 0.335 e. The van der Waals surface area contributed by atoms with Gasteiger partial charge in [0.25, 0.3) is 0 Å². The van der Waals surface area contributed by atoms with Crippen LogP contribution >= 0.6 is 0 Å². The maximum absolute atomic E-state index is 10.5. The first-order valence-electron chi connectivity index (χ1n) is 3.06. The van der Waals surface area contributed by atoms with Gasteiger partial charge in [-0.1, -0.05) is 6.92 Å². The first-order chi connectivity index (χ1) is 4.22. The summed E-state index contributed by atoms with van der Waals surface area (Å²) < 4.78 is 4.57. The molecule has 1 fully saturated rings. The minimum atomic E-state index is -0.890. The van der Waals surface area contributed by atoms with Crippen LogP contribution in [0.4, 0.5) is 0 Å². The molecule has 0 aromatic carbocycles. The molecule has 0 bridgehead atoms. The van der Waals surface area contributed by atoms with Crippen LogP contribution in [0, 0.1) is 5.92 Å². The highest BCUT2D eigenvalue weighted by molar-refractivity contribution is 5.75. The molecule has 2 atom stereocenters. The lowest BCUT2D eigenvalue weighted by atomic mass is 10.00. The van der Waals surface area contributed by atoms with Crippen molar-refractivity contribution in [3.63, 3.8) is 0 Å². The number of aliphatic hydroxyl groups excluding tert-OH is 1. The van der Waals surface area contributed by atoms with E-state index < -0.39 is 12.1 Å². The average Bonchev–Trinajstić information content (AvgIpc) is 1.83. The van der Waals surface area contributed by atoms with Gasteiger partial charge in [-0.25, -0.2) is 4.79 Å². The van der Waals surface area contributed by atoms with Gasteiger partial charge in [0, 0.05) is 0 Å². The number of esters is 1. The third kappa shape index (κ3) is 1.21. The second kappa shape index (κ2) is 2.35. The van der Waals surface area contributed by atoms with Gasteiger partial charge in [0.05, 0.1) is 6.61 Å². The minimum absolute atomic E-state index is 0.0613. The fraction of sp³-hybridized carbons (Fsp3) is 0.833. The molecule has 1 aliphatic rings. The molecule has 0 spiro atoms. The molecule has 1 heterocycles. The summed E-state index contributed by atoms with van der Waals surface area (Å²) in [5.41, 5.74) is 0. The molecule has 1 aliphatic heterocycles. The van der Waals surface area contributed by atoms with Crippen molar-refractivity contribution in [1.29, 1.82) is 0 Å². The molecule has 3 heteroatoms. The van der Waals surface area contributed by atoms with Crippen molar-refractivity contribution >= 4 is 5.97 Å². The fourth-order valence-corrected chi connectivity index (χ4v) is 0.821. The molecule has 9 heavy (non-hydrogen) atoms. The Morgan fingerprint density at radius 1 is 1.78 bits per heavy atom. The van der Waals surface area contributed by atoms with E-state index in [4.69, 9.17) is 5.11 Å². The highest BCUT2D eigenvalue weighted by Crippen LogP contribution is 2.14. The van der Waals surface area contributed by atoms with Crippen LogP contribution in [0.5, 0.6) is 0 Å². The Kier molecular flexibility index (Phi) is 1.71. The maximum atomic E-state index is 10.5. The van der Waals surface area contributed by atoms with E-state index in [1.165, 1.54) is 0 Å². The summed E-state index contributed by atoms with van der Waals surface area (Å²) in [5, 5.41) is 8.97. The third-order valence-corrected chi connectivity index (χ3v) is 1.60. The number of cyclic esters (lactones) is 1. The predicted molar refractivity (Wildman–Crippen MR) is 30.7 cm³/mol. The molecule has 1 rings (SSSR count). The molecule has 52 valence electrons. The second-order valence-corrected chi connectivity index (χ2v) is 2.38. The Bertz CT molecular complexity index is 121. The average molecular weight is 130 g/mol. The van der Waals surface area contributed by atoms with Gasteiger partial charge in [-0.3, -0.25) is 0 Å². The zero-order valence-corrected chi connectivity index (χ0v) is 5.33. The molecule has 0 unspecified atom stereocenters. The van der Waals surface area contributed by atoms with Crippen LogP contribution in [0.1, 0.15) is 13.3 Å². The van der Waals surface area contributed by atoms with Crippen molar-refractivity contribution in [3.05, 3.63) is 0 Å². The number of rotatable bonds is 0. The number of hydrogen-bond acceptors (Lipinski definition) is 3. The van der Waals surface area contributed by atoms with E-state index in [9.17, 15) is 4.79 Å². The van der Waals surface area contributed by atoms with E-state index >= 15 is 0 Å². The van der Waals surface area contributed by atoms with Gasteiger partial charge in [-0.05, 0) is 12.3 Å².